The number of para-hydroxylation sites is 2. The minimum Gasteiger partial charge on any atom is -0.496 e. The Balaban J connectivity index is 1.84. The summed E-state index contributed by atoms with van der Waals surface area (Å²) in [6, 6.07) is 18.7. The van der Waals surface area contributed by atoms with Crippen molar-refractivity contribution >= 4 is 28.9 Å². The van der Waals surface area contributed by atoms with E-state index in [0.29, 0.717) is 42.3 Å². The number of carbonyl (C=O) groups is 1. The molecule has 3 N–H and O–H groups in total. The van der Waals surface area contributed by atoms with Crippen molar-refractivity contribution in [1.29, 1.82) is 0 Å². The second-order valence-electron chi connectivity index (χ2n) is 8.27. The summed E-state index contributed by atoms with van der Waals surface area (Å²) in [4.78, 5) is 12.6. The molecule has 3 aromatic carbocycles. The van der Waals surface area contributed by atoms with Crippen LogP contribution >= 0.6 is 11.6 Å². The van der Waals surface area contributed by atoms with E-state index in [-0.39, 0.29) is 5.91 Å². The van der Waals surface area contributed by atoms with Crippen molar-refractivity contribution in [3.8, 4) is 11.5 Å². The van der Waals surface area contributed by atoms with Gasteiger partial charge < -0.3 is 20.5 Å². The summed E-state index contributed by atoms with van der Waals surface area (Å²) >= 11 is 6.02. The number of carbonyl (C=O) groups excluding carboxylic acids is 1. The molecule has 0 aliphatic carbocycles. The Kier molecular flexibility index (Phi) is 9.00. The van der Waals surface area contributed by atoms with Gasteiger partial charge in [-0.3, -0.25) is 4.79 Å². The molecule has 34 heavy (non-hydrogen) atoms. The number of benzene rings is 3. The zero-order valence-corrected chi connectivity index (χ0v) is 20.6. The molecule has 0 aliphatic heterocycles. The van der Waals surface area contributed by atoms with Crippen LogP contribution in [0.3, 0.4) is 0 Å². The maximum Gasteiger partial charge on any atom is 0.224 e. The lowest BCUT2D eigenvalue weighted by molar-refractivity contribution is -0.116. The first kappa shape index (κ1) is 25.2. The molecule has 0 heterocycles. The standard InChI is InChI=1S/C28H31ClN2O3/c1-19(2)8-15-23-26(33-3)16-11-21(28(23)34-18-20-9-13-22(29)14-10-20)12-17-27(32)31-25-7-5-4-6-24(25)30/h4-11,13-14,16H,12,15,17-18,30H2,1-3H3,(H,31,32). The van der Waals surface area contributed by atoms with Crippen LogP contribution in [0.15, 0.2) is 72.3 Å². The zero-order chi connectivity index (χ0) is 24.5. The summed E-state index contributed by atoms with van der Waals surface area (Å²) in [6.07, 6.45) is 3.62. The summed E-state index contributed by atoms with van der Waals surface area (Å²) in [6.45, 7) is 4.50. The number of ether oxygens (including phenoxy) is 2. The highest BCUT2D eigenvalue weighted by atomic mass is 35.5. The number of rotatable bonds is 10. The maximum atomic E-state index is 12.6. The van der Waals surface area contributed by atoms with E-state index in [1.54, 1.807) is 19.2 Å². The van der Waals surface area contributed by atoms with Crippen LogP contribution in [0.25, 0.3) is 0 Å². The molecule has 0 saturated heterocycles. The third kappa shape index (κ3) is 7.03. The number of amides is 1. The summed E-state index contributed by atoms with van der Waals surface area (Å²) < 4.78 is 12.0. The monoisotopic (exact) mass is 478 g/mol. The molecule has 0 unspecified atom stereocenters. The molecule has 0 aromatic heterocycles. The second kappa shape index (κ2) is 12.1. The molecule has 0 radical (unpaired) electrons. The van der Waals surface area contributed by atoms with Crippen molar-refractivity contribution in [2.24, 2.45) is 0 Å². The van der Waals surface area contributed by atoms with Crippen molar-refractivity contribution in [2.75, 3.05) is 18.2 Å². The molecule has 0 spiro atoms. The van der Waals surface area contributed by atoms with Gasteiger partial charge in [0.15, 0.2) is 0 Å². The number of nitrogens with two attached hydrogens (primary N) is 1. The summed E-state index contributed by atoms with van der Waals surface area (Å²) in [5.74, 6) is 1.40. The Labute approximate surface area is 206 Å². The normalized spacial score (nSPS) is 10.5. The van der Waals surface area contributed by atoms with Crippen molar-refractivity contribution in [1.82, 2.24) is 0 Å². The van der Waals surface area contributed by atoms with Crippen LogP contribution in [-0.4, -0.2) is 13.0 Å². The van der Waals surface area contributed by atoms with E-state index in [4.69, 9.17) is 26.8 Å². The fraction of sp³-hybridized carbons (Fsp3) is 0.250. The quantitative estimate of drug-likeness (QED) is 0.254. The molecule has 178 valence electrons. The highest BCUT2D eigenvalue weighted by molar-refractivity contribution is 6.30. The topological polar surface area (TPSA) is 73.6 Å². The van der Waals surface area contributed by atoms with Gasteiger partial charge in [-0.25, -0.2) is 0 Å². The largest absolute Gasteiger partial charge is 0.496 e. The smallest absolute Gasteiger partial charge is 0.224 e. The third-order valence-corrected chi connectivity index (χ3v) is 5.64. The average molecular weight is 479 g/mol. The molecule has 0 atom stereocenters. The third-order valence-electron chi connectivity index (χ3n) is 5.39. The minimum atomic E-state index is -0.108. The molecule has 5 nitrogen and oxygen atoms in total. The van der Waals surface area contributed by atoms with Crippen LogP contribution in [0, 0.1) is 0 Å². The van der Waals surface area contributed by atoms with Crippen LogP contribution in [0.4, 0.5) is 11.4 Å². The highest BCUT2D eigenvalue weighted by Gasteiger charge is 2.17. The molecule has 3 rings (SSSR count). The molecule has 0 fully saturated rings. The molecule has 0 bridgehead atoms. The summed E-state index contributed by atoms with van der Waals surface area (Å²) in [5.41, 5.74) is 11.2. The number of halogens is 1. The number of aryl methyl sites for hydroxylation is 1. The second-order valence-corrected chi connectivity index (χ2v) is 8.71. The first-order valence-electron chi connectivity index (χ1n) is 11.2. The lowest BCUT2D eigenvalue weighted by Gasteiger charge is -2.19. The van der Waals surface area contributed by atoms with Crippen LogP contribution in [-0.2, 0) is 24.2 Å². The van der Waals surface area contributed by atoms with E-state index in [0.717, 1.165) is 28.2 Å². The van der Waals surface area contributed by atoms with Crippen molar-refractivity contribution in [3.63, 3.8) is 0 Å². The van der Waals surface area contributed by atoms with E-state index in [9.17, 15) is 4.79 Å². The van der Waals surface area contributed by atoms with Gasteiger partial charge >= 0.3 is 0 Å². The van der Waals surface area contributed by atoms with Crippen LogP contribution < -0.4 is 20.5 Å². The van der Waals surface area contributed by atoms with Crippen molar-refractivity contribution < 1.29 is 14.3 Å². The predicted octanol–water partition coefficient (Wildman–Crippen LogP) is 6.59. The van der Waals surface area contributed by atoms with Gasteiger partial charge in [0.2, 0.25) is 5.91 Å². The van der Waals surface area contributed by atoms with Gasteiger partial charge in [-0.15, -0.1) is 0 Å². The number of methoxy groups -OCH3 is 1. The molecule has 1 amide bonds. The number of anilines is 2. The van der Waals surface area contributed by atoms with E-state index in [2.05, 4.69) is 25.2 Å². The van der Waals surface area contributed by atoms with Gasteiger partial charge in [0.25, 0.3) is 0 Å². The van der Waals surface area contributed by atoms with Crippen molar-refractivity contribution in [2.45, 2.75) is 39.7 Å². The van der Waals surface area contributed by atoms with Gasteiger partial charge in [0, 0.05) is 17.0 Å². The average Bonchev–Trinajstić information content (AvgIpc) is 2.82. The summed E-state index contributed by atoms with van der Waals surface area (Å²) in [5, 5.41) is 3.57. The Hall–Kier alpha value is -3.44. The number of hydrogen-bond donors (Lipinski definition) is 2. The molecule has 3 aromatic rings. The molecular formula is C28H31ClN2O3. The van der Waals surface area contributed by atoms with Crippen LogP contribution in [0.2, 0.25) is 5.02 Å². The van der Waals surface area contributed by atoms with Crippen LogP contribution in [0.1, 0.15) is 37.0 Å². The zero-order valence-electron chi connectivity index (χ0n) is 19.9. The first-order valence-corrected chi connectivity index (χ1v) is 11.6. The molecule has 0 aliphatic rings. The van der Waals surface area contributed by atoms with Gasteiger partial charge in [0.1, 0.15) is 18.1 Å². The first-order chi connectivity index (χ1) is 16.4. The molecule has 0 saturated carbocycles. The predicted molar refractivity (Wildman–Crippen MR) is 140 cm³/mol. The molecule has 6 heteroatoms. The minimum absolute atomic E-state index is 0.108. The van der Waals surface area contributed by atoms with Crippen LogP contribution in [0.5, 0.6) is 11.5 Å². The number of nitrogens with one attached hydrogen (secondary N) is 1. The molecular weight excluding hydrogens is 448 g/mol. The van der Waals surface area contributed by atoms with Gasteiger partial charge in [-0.05, 0) is 68.1 Å². The number of allylic oxidation sites excluding steroid dienone is 2. The van der Waals surface area contributed by atoms with Crippen molar-refractivity contribution in [3.05, 3.63) is 94.0 Å². The fourth-order valence-corrected chi connectivity index (χ4v) is 3.66. The van der Waals surface area contributed by atoms with E-state index < -0.39 is 0 Å². The number of nitrogen functional groups attached to an aromatic ring is 1. The van der Waals surface area contributed by atoms with Gasteiger partial charge in [-0.2, -0.15) is 0 Å². The number of hydrogen-bond acceptors (Lipinski definition) is 4. The van der Waals surface area contributed by atoms with E-state index in [1.165, 1.54) is 5.57 Å². The lowest BCUT2D eigenvalue weighted by atomic mass is 10.00. The Bertz CT molecular complexity index is 1150. The van der Waals surface area contributed by atoms with Gasteiger partial charge in [0.05, 0.1) is 18.5 Å². The Morgan fingerprint density at radius 2 is 1.79 bits per heavy atom. The van der Waals surface area contributed by atoms with E-state index >= 15 is 0 Å². The van der Waals surface area contributed by atoms with E-state index in [1.807, 2.05) is 48.5 Å². The Morgan fingerprint density at radius 3 is 2.47 bits per heavy atom. The SMILES string of the molecule is COc1ccc(CCC(=O)Nc2ccccc2N)c(OCc2ccc(Cl)cc2)c1CC=C(C)C. The lowest BCUT2D eigenvalue weighted by Crippen LogP contribution is -2.14. The fourth-order valence-electron chi connectivity index (χ4n) is 3.53. The maximum absolute atomic E-state index is 12.6. The van der Waals surface area contributed by atoms with Gasteiger partial charge in [-0.1, -0.05) is 53.6 Å². The highest BCUT2D eigenvalue weighted by Crippen LogP contribution is 2.35. The summed E-state index contributed by atoms with van der Waals surface area (Å²) in [7, 11) is 1.65. The Morgan fingerprint density at radius 1 is 1.06 bits per heavy atom.